The van der Waals surface area contributed by atoms with Crippen LogP contribution in [0.1, 0.15) is 18.1 Å². The number of benzene rings is 2. The molecule has 1 N–H and O–H groups in total. The van der Waals surface area contributed by atoms with E-state index in [1.54, 1.807) is 19.1 Å². The van der Waals surface area contributed by atoms with E-state index >= 15 is 0 Å². The van der Waals surface area contributed by atoms with Gasteiger partial charge in [-0.1, -0.05) is 29.8 Å². The van der Waals surface area contributed by atoms with Crippen LogP contribution in [0.3, 0.4) is 0 Å². The second-order valence-corrected chi connectivity index (χ2v) is 5.16. The van der Waals surface area contributed by atoms with E-state index in [4.69, 9.17) is 16.3 Å². The molecule has 0 spiro atoms. The summed E-state index contributed by atoms with van der Waals surface area (Å²) in [5, 5.41) is 9.67. The van der Waals surface area contributed by atoms with E-state index in [1.165, 1.54) is 6.07 Å². The van der Waals surface area contributed by atoms with Crippen LogP contribution >= 0.6 is 11.6 Å². The standard InChI is InChI=1S/C16H16ClFO2/c1-11(19)8-12-2-6-15(7-3-12)20-10-13-4-5-14(17)9-16(13)18/h2-7,9,11,19H,8,10H2,1H3. The van der Waals surface area contributed by atoms with Crippen molar-refractivity contribution in [2.45, 2.75) is 26.1 Å². The third-order valence-electron chi connectivity index (χ3n) is 2.86. The van der Waals surface area contributed by atoms with E-state index in [1.807, 2.05) is 24.3 Å². The molecule has 0 radical (unpaired) electrons. The van der Waals surface area contributed by atoms with Crippen LogP contribution in [0.4, 0.5) is 4.39 Å². The Balaban J connectivity index is 1.96. The highest BCUT2D eigenvalue weighted by Gasteiger charge is 2.04. The van der Waals surface area contributed by atoms with E-state index in [-0.39, 0.29) is 18.5 Å². The minimum Gasteiger partial charge on any atom is -0.489 e. The zero-order valence-corrected chi connectivity index (χ0v) is 11.9. The zero-order valence-electron chi connectivity index (χ0n) is 11.1. The van der Waals surface area contributed by atoms with Gasteiger partial charge in [0.2, 0.25) is 0 Å². The van der Waals surface area contributed by atoms with E-state index in [2.05, 4.69) is 0 Å². The van der Waals surface area contributed by atoms with Crippen LogP contribution < -0.4 is 4.74 Å². The number of hydrogen-bond donors (Lipinski definition) is 1. The van der Waals surface area contributed by atoms with Gasteiger partial charge >= 0.3 is 0 Å². The van der Waals surface area contributed by atoms with Crippen molar-refractivity contribution in [1.82, 2.24) is 0 Å². The fraction of sp³-hybridized carbons (Fsp3) is 0.250. The second kappa shape index (κ2) is 6.73. The van der Waals surface area contributed by atoms with E-state index in [0.717, 1.165) is 5.56 Å². The number of halogens is 2. The van der Waals surface area contributed by atoms with Gasteiger partial charge in [0.1, 0.15) is 18.2 Å². The highest BCUT2D eigenvalue weighted by atomic mass is 35.5. The van der Waals surface area contributed by atoms with Crippen LogP contribution in [0.2, 0.25) is 5.02 Å². The summed E-state index contributed by atoms with van der Waals surface area (Å²) in [5.74, 6) is 0.289. The lowest BCUT2D eigenvalue weighted by molar-refractivity contribution is 0.195. The summed E-state index contributed by atoms with van der Waals surface area (Å²) >= 11 is 5.69. The first-order valence-electron chi connectivity index (χ1n) is 6.38. The van der Waals surface area contributed by atoms with Crippen LogP contribution in [0.5, 0.6) is 5.75 Å². The summed E-state index contributed by atoms with van der Waals surface area (Å²) in [5.41, 5.74) is 1.49. The summed E-state index contributed by atoms with van der Waals surface area (Å²) in [6, 6.07) is 11.9. The number of hydrogen-bond acceptors (Lipinski definition) is 2. The van der Waals surface area contributed by atoms with Gasteiger partial charge < -0.3 is 9.84 Å². The summed E-state index contributed by atoms with van der Waals surface area (Å²) in [4.78, 5) is 0. The zero-order chi connectivity index (χ0) is 14.5. The monoisotopic (exact) mass is 294 g/mol. The van der Waals surface area contributed by atoms with Gasteiger partial charge in [-0.15, -0.1) is 0 Å². The Labute approximate surface area is 122 Å². The predicted octanol–water partition coefficient (Wildman–Crippen LogP) is 3.98. The van der Waals surface area contributed by atoms with Crippen molar-refractivity contribution in [3.05, 3.63) is 64.4 Å². The molecule has 2 aromatic rings. The largest absolute Gasteiger partial charge is 0.489 e. The first kappa shape index (κ1) is 14.8. The molecule has 106 valence electrons. The van der Waals surface area contributed by atoms with Crippen molar-refractivity contribution in [2.24, 2.45) is 0 Å². The van der Waals surface area contributed by atoms with Crippen molar-refractivity contribution in [2.75, 3.05) is 0 Å². The lowest BCUT2D eigenvalue weighted by atomic mass is 10.1. The second-order valence-electron chi connectivity index (χ2n) is 4.72. The van der Waals surface area contributed by atoms with Crippen molar-refractivity contribution < 1.29 is 14.2 Å². The molecule has 0 aliphatic rings. The first-order chi connectivity index (χ1) is 9.54. The third kappa shape index (κ3) is 4.22. The van der Waals surface area contributed by atoms with Crippen LogP contribution in [-0.2, 0) is 13.0 Å². The number of ether oxygens (including phenoxy) is 1. The minimum absolute atomic E-state index is 0.152. The van der Waals surface area contributed by atoms with Gasteiger partial charge in [-0.25, -0.2) is 4.39 Å². The Hall–Kier alpha value is -1.58. The summed E-state index contributed by atoms with van der Waals surface area (Å²) in [7, 11) is 0. The van der Waals surface area contributed by atoms with E-state index in [9.17, 15) is 9.50 Å². The molecule has 2 aromatic carbocycles. The minimum atomic E-state index is -0.372. The van der Waals surface area contributed by atoms with Crippen molar-refractivity contribution in [3.8, 4) is 5.75 Å². The molecule has 0 saturated carbocycles. The number of rotatable bonds is 5. The normalized spacial score (nSPS) is 12.2. The topological polar surface area (TPSA) is 29.5 Å². The fourth-order valence-electron chi connectivity index (χ4n) is 1.86. The average molecular weight is 295 g/mol. The third-order valence-corrected chi connectivity index (χ3v) is 3.10. The Kier molecular flexibility index (Phi) is 4.99. The average Bonchev–Trinajstić information content (AvgIpc) is 2.39. The van der Waals surface area contributed by atoms with Gasteiger partial charge in [-0.2, -0.15) is 0 Å². The summed E-state index contributed by atoms with van der Waals surface area (Å²) in [6.07, 6.45) is 0.233. The molecule has 2 nitrogen and oxygen atoms in total. The van der Waals surface area contributed by atoms with Gasteiger partial charge in [0, 0.05) is 10.6 Å². The Morgan fingerprint density at radius 2 is 1.90 bits per heavy atom. The van der Waals surface area contributed by atoms with Gasteiger partial charge in [0.25, 0.3) is 0 Å². The maximum atomic E-state index is 13.6. The molecule has 4 heteroatoms. The number of aliphatic hydroxyl groups is 1. The predicted molar refractivity (Wildman–Crippen MR) is 77.6 cm³/mol. The Morgan fingerprint density at radius 3 is 2.50 bits per heavy atom. The molecule has 1 atom stereocenters. The molecular formula is C16H16ClFO2. The molecule has 0 fully saturated rings. The van der Waals surface area contributed by atoms with Crippen molar-refractivity contribution in [1.29, 1.82) is 0 Å². The maximum Gasteiger partial charge on any atom is 0.131 e. The SMILES string of the molecule is CC(O)Cc1ccc(OCc2ccc(Cl)cc2F)cc1. The quantitative estimate of drug-likeness (QED) is 0.904. The van der Waals surface area contributed by atoms with Crippen LogP contribution in [0, 0.1) is 5.82 Å². The highest BCUT2D eigenvalue weighted by Crippen LogP contribution is 2.18. The van der Waals surface area contributed by atoms with Gasteiger partial charge in [0.05, 0.1) is 6.10 Å². The Morgan fingerprint density at radius 1 is 1.20 bits per heavy atom. The molecule has 20 heavy (non-hydrogen) atoms. The molecule has 0 heterocycles. The molecule has 2 rings (SSSR count). The molecular weight excluding hydrogens is 279 g/mol. The smallest absolute Gasteiger partial charge is 0.131 e. The Bertz CT molecular complexity index is 567. The summed E-state index contributed by atoms with van der Waals surface area (Å²) < 4.78 is 19.1. The van der Waals surface area contributed by atoms with Gasteiger partial charge in [-0.05, 0) is 43.2 Å². The first-order valence-corrected chi connectivity index (χ1v) is 6.76. The van der Waals surface area contributed by atoms with Crippen LogP contribution in [0.25, 0.3) is 0 Å². The summed E-state index contributed by atoms with van der Waals surface area (Å²) in [6.45, 7) is 1.90. The van der Waals surface area contributed by atoms with Crippen LogP contribution in [-0.4, -0.2) is 11.2 Å². The molecule has 0 aliphatic heterocycles. The molecule has 0 amide bonds. The van der Waals surface area contributed by atoms with E-state index < -0.39 is 0 Å². The van der Waals surface area contributed by atoms with Crippen molar-refractivity contribution >= 4 is 11.6 Å². The molecule has 0 aromatic heterocycles. The lowest BCUT2D eigenvalue weighted by Crippen LogP contribution is -2.04. The van der Waals surface area contributed by atoms with E-state index in [0.29, 0.717) is 22.8 Å². The van der Waals surface area contributed by atoms with Crippen molar-refractivity contribution in [3.63, 3.8) is 0 Å². The van der Waals surface area contributed by atoms with Gasteiger partial charge in [-0.3, -0.25) is 0 Å². The van der Waals surface area contributed by atoms with Crippen LogP contribution in [0.15, 0.2) is 42.5 Å². The molecule has 1 unspecified atom stereocenters. The molecule has 0 bridgehead atoms. The van der Waals surface area contributed by atoms with Gasteiger partial charge in [0.15, 0.2) is 0 Å². The maximum absolute atomic E-state index is 13.6. The molecule has 0 saturated heterocycles. The molecule has 0 aliphatic carbocycles. The lowest BCUT2D eigenvalue weighted by Gasteiger charge is -2.09. The fourth-order valence-corrected chi connectivity index (χ4v) is 2.02. The number of aliphatic hydroxyl groups excluding tert-OH is 1. The highest BCUT2D eigenvalue weighted by molar-refractivity contribution is 6.30.